The highest BCUT2D eigenvalue weighted by Crippen LogP contribution is 2.33. The van der Waals surface area contributed by atoms with Crippen molar-refractivity contribution in [2.24, 2.45) is 7.05 Å². The summed E-state index contributed by atoms with van der Waals surface area (Å²) < 4.78 is 34.6. The maximum Gasteiger partial charge on any atom is 0.281 e. The van der Waals surface area contributed by atoms with E-state index in [9.17, 15) is 8.42 Å². The van der Waals surface area contributed by atoms with E-state index < -0.39 is 10.0 Å². The molecule has 1 aromatic heterocycles. The van der Waals surface area contributed by atoms with E-state index in [1.807, 2.05) is 18.2 Å². The number of benzene rings is 2. The minimum Gasteiger partial charge on any atom is -0.455 e. The first-order valence-corrected chi connectivity index (χ1v) is 8.83. The molecule has 124 valence electrons. The van der Waals surface area contributed by atoms with Crippen molar-refractivity contribution >= 4 is 27.3 Å². The fraction of sp³-hybridized carbons (Fsp3) is 0.0625. The Hall–Kier alpha value is -2.51. The molecule has 0 fully saturated rings. The quantitative estimate of drug-likeness (QED) is 0.750. The van der Waals surface area contributed by atoms with Crippen LogP contribution < -0.4 is 9.46 Å². The Morgan fingerprint density at radius 1 is 1.17 bits per heavy atom. The average molecular weight is 364 g/mol. The molecule has 0 aliphatic rings. The molecule has 0 bridgehead atoms. The zero-order valence-corrected chi connectivity index (χ0v) is 14.3. The highest BCUT2D eigenvalue weighted by atomic mass is 35.5. The number of sulfonamides is 1. The molecule has 2 aromatic carbocycles. The van der Waals surface area contributed by atoms with Gasteiger partial charge in [-0.05, 0) is 30.3 Å². The Morgan fingerprint density at radius 2 is 1.92 bits per heavy atom. The minimum absolute atomic E-state index is 0.0874. The fourth-order valence-electron chi connectivity index (χ4n) is 2.01. The zero-order chi connectivity index (χ0) is 17.2. The summed E-state index contributed by atoms with van der Waals surface area (Å²) >= 11 is 5.99. The molecule has 0 aliphatic heterocycles. The number of ether oxygens (including phenoxy) is 1. The molecule has 1 heterocycles. The van der Waals surface area contributed by atoms with Crippen LogP contribution in [0, 0.1) is 0 Å². The number of hydrogen-bond acceptors (Lipinski definition) is 4. The van der Waals surface area contributed by atoms with Gasteiger partial charge in [0.05, 0.1) is 12.0 Å². The van der Waals surface area contributed by atoms with Crippen molar-refractivity contribution in [3.8, 4) is 11.5 Å². The second-order valence-corrected chi connectivity index (χ2v) is 7.10. The molecule has 0 saturated carbocycles. The number of nitrogens with one attached hydrogen (secondary N) is 1. The maximum absolute atomic E-state index is 12.4. The Labute approximate surface area is 144 Å². The number of aryl methyl sites for hydroxylation is 1. The smallest absolute Gasteiger partial charge is 0.281 e. The Balaban J connectivity index is 1.94. The van der Waals surface area contributed by atoms with Crippen LogP contribution in [0.25, 0.3) is 0 Å². The Bertz CT molecular complexity index is 956. The molecule has 1 N–H and O–H groups in total. The molecule has 0 aliphatic carbocycles. The predicted molar refractivity (Wildman–Crippen MR) is 92.0 cm³/mol. The van der Waals surface area contributed by atoms with Crippen molar-refractivity contribution in [2.45, 2.75) is 5.03 Å². The van der Waals surface area contributed by atoms with Crippen LogP contribution >= 0.6 is 11.6 Å². The summed E-state index contributed by atoms with van der Waals surface area (Å²) in [6, 6.07) is 13.8. The number of aromatic nitrogens is 2. The minimum atomic E-state index is -3.84. The van der Waals surface area contributed by atoms with Crippen molar-refractivity contribution in [3.05, 3.63) is 66.1 Å². The molecule has 3 rings (SSSR count). The van der Waals surface area contributed by atoms with Crippen molar-refractivity contribution in [2.75, 3.05) is 4.72 Å². The topological polar surface area (TPSA) is 73.2 Å². The lowest BCUT2D eigenvalue weighted by Gasteiger charge is -2.13. The number of para-hydroxylation sites is 1. The van der Waals surface area contributed by atoms with Gasteiger partial charge in [-0.15, -0.1) is 0 Å². The zero-order valence-electron chi connectivity index (χ0n) is 12.7. The third kappa shape index (κ3) is 3.69. The van der Waals surface area contributed by atoms with Crippen molar-refractivity contribution < 1.29 is 13.2 Å². The third-order valence-corrected chi connectivity index (χ3v) is 4.60. The van der Waals surface area contributed by atoms with Gasteiger partial charge < -0.3 is 9.30 Å². The van der Waals surface area contributed by atoms with Gasteiger partial charge in [0.25, 0.3) is 10.0 Å². The molecule has 3 aromatic rings. The van der Waals surface area contributed by atoms with Crippen molar-refractivity contribution in [1.29, 1.82) is 0 Å². The van der Waals surface area contributed by atoms with Crippen LogP contribution in [-0.4, -0.2) is 18.0 Å². The van der Waals surface area contributed by atoms with Crippen LogP contribution in [0.1, 0.15) is 0 Å². The van der Waals surface area contributed by atoms with E-state index in [0.717, 1.165) is 0 Å². The first kappa shape index (κ1) is 16.4. The lowest BCUT2D eigenvalue weighted by Crippen LogP contribution is -2.14. The molecular formula is C16H14ClN3O3S. The molecule has 0 saturated heterocycles. The molecule has 6 nitrogen and oxygen atoms in total. The molecule has 24 heavy (non-hydrogen) atoms. The van der Waals surface area contributed by atoms with Crippen LogP contribution in [0.15, 0.2) is 66.1 Å². The monoisotopic (exact) mass is 363 g/mol. The van der Waals surface area contributed by atoms with Gasteiger partial charge in [0, 0.05) is 18.3 Å². The van der Waals surface area contributed by atoms with Crippen molar-refractivity contribution in [3.63, 3.8) is 0 Å². The van der Waals surface area contributed by atoms with E-state index in [4.69, 9.17) is 16.3 Å². The SMILES string of the molecule is Cn1cnc(S(=O)(=O)Nc2cc(Cl)ccc2Oc2ccccc2)c1. The maximum atomic E-state index is 12.4. The van der Waals surface area contributed by atoms with E-state index >= 15 is 0 Å². The van der Waals surface area contributed by atoms with E-state index in [-0.39, 0.29) is 10.7 Å². The molecular weight excluding hydrogens is 350 g/mol. The highest BCUT2D eigenvalue weighted by molar-refractivity contribution is 7.92. The Kier molecular flexibility index (Phi) is 4.46. The summed E-state index contributed by atoms with van der Waals surface area (Å²) in [7, 11) is -2.15. The van der Waals surface area contributed by atoms with Gasteiger partial charge in [-0.1, -0.05) is 29.8 Å². The molecule has 0 radical (unpaired) electrons. The molecule has 8 heteroatoms. The summed E-state index contributed by atoms with van der Waals surface area (Å²) in [5.41, 5.74) is 0.233. The fourth-order valence-corrected chi connectivity index (χ4v) is 3.23. The van der Waals surface area contributed by atoms with Gasteiger partial charge in [-0.2, -0.15) is 8.42 Å². The van der Waals surface area contributed by atoms with Crippen LogP contribution in [0.3, 0.4) is 0 Å². The largest absolute Gasteiger partial charge is 0.455 e. The first-order chi connectivity index (χ1) is 11.4. The van der Waals surface area contributed by atoms with Gasteiger partial charge in [0.15, 0.2) is 10.8 Å². The lowest BCUT2D eigenvalue weighted by molar-refractivity contribution is 0.485. The number of rotatable bonds is 5. The molecule has 0 atom stereocenters. The average Bonchev–Trinajstić information content (AvgIpc) is 2.98. The van der Waals surface area contributed by atoms with Crippen LogP contribution in [0.2, 0.25) is 5.02 Å². The number of imidazole rings is 1. The summed E-state index contributed by atoms with van der Waals surface area (Å²) in [5, 5.41) is 0.296. The standard InChI is InChI=1S/C16H14ClN3O3S/c1-20-10-16(18-11-20)24(21,22)19-14-9-12(17)7-8-15(14)23-13-5-3-2-4-6-13/h2-11,19H,1H3. The van der Waals surface area contributed by atoms with E-state index in [1.54, 1.807) is 35.9 Å². The first-order valence-electron chi connectivity index (χ1n) is 6.97. The normalized spacial score (nSPS) is 11.2. The van der Waals surface area contributed by atoms with Gasteiger partial charge in [0.1, 0.15) is 5.75 Å². The van der Waals surface area contributed by atoms with E-state index in [0.29, 0.717) is 16.5 Å². The van der Waals surface area contributed by atoms with E-state index in [2.05, 4.69) is 9.71 Å². The summed E-state index contributed by atoms with van der Waals surface area (Å²) in [6.07, 6.45) is 2.82. The van der Waals surface area contributed by atoms with Crippen LogP contribution in [0.5, 0.6) is 11.5 Å². The second-order valence-electron chi connectivity index (χ2n) is 5.04. The molecule has 0 spiro atoms. The van der Waals surface area contributed by atoms with Gasteiger partial charge >= 0.3 is 0 Å². The van der Waals surface area contributed by atoms with Gasteiger partial charge in [0.2, 0.25) is 0 Å². The third-order valence-electron chi connectivity index (χ3n) is 3.11. The van der Waals surface area contributed by atoms with Crippen LogP contribution in [-0.2, 0) is 17.1 Å². The van der Waals surface area contributed by atoms with Gasteiger partial charge in [-0.3, -0.25) is 4.72 Å². The number of hydrogen-bond donors (Lipinski definition) is 1. The molecule has 0 amide bonds. The second kappa shape index (κ2) is 6.54. The summed E-state index contributed by atoms with van der Waals surface area (Å²) in [5.74, 6) is 0.920. The van der Waals surface area contributed by atoms with Crippen molar-refractivity contribution in [1.82, 2.24) is 9.55 Å². The highest BCUT2D eigenvalue weighted by Gasteiger charge is 2.19. The Morgan fingerprint density at radius 3 is 2.58 bits per heavy atom. The van der Waals surface area contributed by atoms with Gasteiger partial charge in [-0.25, -0.2) is 4.98 Å². The van der Waals surface area contributed by atoms with E-state index in [1.165, 1.54) is 18.6 Å². The number of nitrogens with zero attached hydrogens (tertiary/aromatic N) is 2. The predicted octanol–water partition coefficient (Wildman–Crippen LogP) is 3.67. The summed E-state index contributed by atoms with van der Waals surface area (Å²) in [4.78, 5) is 3.86. The lowest BCUT2D eigenvalue weighted by atomic mass is 10.3. The number of anilines is 1. The molecule has 0 unspecified atom stereocenters. The summed E-state index contributed by atoms with van der Waals surface area (Å²) in [6.45, 7) is 0. The van der Waals surface area contributed by atoms with Crippen LogP contribution in [0.4, 0.5) is 5.69 Å². The number of halogens is 1.